The Hall–Kier alpha value is -1.88. The molecular formula is C14H14BrN3O. The number of hydrogen-bond donors (Lipinski definition) is 1. The molecule has 1 aromatic carbocycles. The topological polar surface area (TPSA) is 59.2 Å². The molecule has 19 heavy (non-hydrogen) atoms. The van der Waals surface area contributed by atoms with E-state index in [0.717, 1.165) is 10.0 Å². The lowest BCUT2D eigenvalue weighted by atomic mass is 10.2. The van der Waals surface area contributed by atoms with Crippen LogP contribution >= 0.6 is 15.9 Å². The lowest BCUT2D eigenvalue weighted by Gasteiger charge is -2.17. The Labute approximate surface area is 120 Å². The van der Waals surface area contributed by atoms with Gasteiger partial charge in [0.15, 0.2) is 0 Å². The highest BCUT2D eigenvalue weighted by atomic mass is 79.9. The van der Waals surface area contributed by atoms with Crippen molar-refractivity contribution in [3.63, 3.8) is 0 Å². The lowest BCUT2D eigenvalue weighted by Crippen LogP contribution is -2.26. The van der Waals surface area contributed by atoms with Crippen LogP contribution in [0.15, 0.2) is 47.1 Å². The number of nitrogen functional groups attached to an aromatic ring is 1. The number of aromatic nitrogens is 1. The molecule has 0 saturated heterocycles. The van der Waals surface area contributed by atoms with Gasteiger partial charge in [0, 0.05) is 29.8 Å². The second-order valence-corrected chi connectivity index (χ2v) is 5.18. The van der Waals surface area contributed by atoms with Crippen molar-refractivity contribution in [3.05, 3.63) is 58.2 Å². The zero-order valence-electron chi connectivity index (χ0n) is 10.5. The molecule has 0 spiro atoms. The van der Waals surface area contributed by atoms with Gasteiger partial charge in [0.2, 0.25) is 0 Å². The van der Waals surface area contributed by atoms with Gasteiger partial charge in [-0.3, -0.25) is 4.79 Å². The van der Waals surface area contributed by atoms with Crippen molar-refractivity contribution in [2.24, 2.45) is 0 Å². The summed E-state index contributed by atoms with van der Waals surface area (Å²) in [7, 11) is 1.76. The van der Waals surface area contributed by atoms with E-state index in [-0.39, 0.29) is 5.91 Å². The Morgan fingerprint density at radius 1 is 1.37 bits per heavy atom. The first-order valence-corrected chi connectivity index (χ1v) is 6.57. The molecule has 0 unspecified atom stereocenters. The highest BCUT2D eigenvalue weighted by Gasteiger charge is 2.12. The minimum absolute atomic E-state index is 0.0749. The molecule has 0 radical (unpaired) electrons. The molecule has 0 atom stereocenters. The Morgan fingerprint density at radius 3 is 2.84 bits per heavy atom. The fourth-order valence-electron chi connectivity index (χ4n) is 1.78. The van der Waals surface area contributed by atoms with E-state index < -0.39 is 0 Å². The van der Waals surface area contributed by atoms with Crippen molar-refractivity contribution in [2.45, 2.75) is 6.54 Å². The van der Waals surface area contributed by atoms with Crippen molar-refractivity contribution < 1.29 is 4.79 Å². The summed E-state index contributed by atoms with van der Waals surface area (Å²) >= 11 is 3.42. The molecule has 1 aromatic heterocycles. The van der Waals surface area contributed by atoms with E-state index in [1.54, 1.807) is 24.1 Å². The highest BCUT2D eigenvalue weighted by Crippen LogP contribution is 2.14. The molecule has 0 fully saturated rings. The normalized spacial score (nSPS) is 10.2. The molecule has 0 bridgehead atoms. The van der Waals surface area contributed by atoms with Crippen LogP contribution in [0.4, 0.5) is 5.82 Å². The summed E-state index contributed by atoms with van der Waals surface area (Å²) in [6, 6.07) is 11.1. The van der Waals surface area contributed by atoms with Crippen LogP contribution in [0, 0.1) is 0 Å². The average molecular weight is 320 g/mol. The summed E-state index contributed by atoms with van der Waals surface area (Å²) < 4.78 is 0.999. The fourth-order valence-corrected chi connectivity index (χ4v) is 2.23. The molecular weight excluding hydrogens is 306 g/mol. The van der Waals surface area contributed by atoms with Gasteiger partial charge in [-0.2, -0.15) is 0 Å². The monoisotopic (exact) mass is 319 g/mol. The number of pyridine rings is 1. The third-order valence-corrected chi connectivity index (χ3v) is 3.18. The van der Waals surface area contributed by atoms with Crippen LogP contribution in [0.2, 0.25) is 0 Å². The van der Waals surface area contributed by atoms with Gasteiger partial charge in [0.05, 0.1) is 0 Å². The third-order valence-electron chi connectivity index (χ3n) is 2.68. The number of nitrogens with zero attached hydrogens (tertiary/aromatic N) is 2. The van der Waals surface area contributed by atoms with Gasteiger partial charge in [0.25, 0.3) is 5.91 Å². The summed E-state index contributed by atoms with van der Waals surface area (Å²) in [5.74, 6) is 0.274. The second kappa shape index (κ2) is 5.84. The number of nitrogens with two attached hydrogens (primary N) is 1. The maximum absolute atomic E-state index is 12.2. The number of benzene rings is 1. The van der Waals surface area contributed by atoms with Gasteiger partial charge in [-0.1, -0.05) is 28.1 Å². The van der Waals surface area contributed by atoms with E-state index in [2.05, 4.69) is 20.9 Å². The van der Waals surface area contributed by atoms with Crippen LogP contribution in [-0.4, -0.2) is 22.8 Å². The van der Waals surface area contributed by atoms with Gasteiger partial charge in [-0.25, -0.2) is 4.98 Å². The van der Waals surface area contributed by atoms with Crippen LogP contribution in [-0.2, 0) is 6.54 Å². The first-order chi connectivity index (χ1) is 9.06. The molecule has 2 rings (SSSR count). The maximum atomic E-state index is 12.2. The summed E-state index contributed by atoms with van der Waals surface area (Å²) in [5.41, 5.74) is 7.19. The number of amides is 1. The van der Waals surface area contributed by atoms with Crippen LogP contribution in [0.3, 0.4) is 0 Å². The van der Waals surface area contributed by atoms with Crippen molar-refractivity contribution in [2.75, 3.05) is 12.8 Å². The average Bonchev–Trinajstić information content (AvgIpc) is 2.38. The van der Waals surface area contributed by atoms with Crippen molar-refractivity contribution >= 4 is 27.7 Å². The number of rotatable bonds is 3. The Kier molecular flexibility index (Phi) is 4.16. The molecule has 0 aliphatic carbocycles. The van der Waals surface area contributed by atoms with Crippen LogP contribution in [0.1, 0.15) is 15.9 Å². The predicted octanol–water partition coefficient (Wildman–Crippen LogP) is 2.70. The molecule has 2 aromatic rings. The van der Waals surface area contributed by atoms with E-state index >= 15 is 0 Å². The summed E-state index contributed by atoms with van der Waals surface area (Å²) in [4.78, 5) is 17.7. The van der Waals surface area contributed by atoms with Crippen LogP contribution in [0.5, 0.6) is 0 Å². The van der Waals surface area contributed by atoms with Crippen molar-refractivity contribution in [1.29, 1.82) is 0 Å². The van der Waals surface area contributed by atoms with E-state index in [9.17, 15) is 4.79 Å². The van der Waals surface area contributed by atoms with Crippen molar-refractivity contribution in [1.82, 2.24) is 9.88 Å². The van der Waals surface area contributed by atoms with Gasteiger partial charge >= 0.3 is 0 Å². The van der Waals surface area contributed by atoms with Gasteiger partial charge in [-0.15, -0.1) is 0 Å². The largest absolute Gasteiger partial charge is 0.384 e. The van der Waals surface area contributed by atoms with E-state index in [1.807, 2.05) is 24.3 Å². The molecule has 0 aliphatic heterocycles. The highest BCUT2D eigenvalue weighted by molar-refractivity contribution is 9.10. The molecule has 1 amide bonds. The molecule has 1 heterocycles. The zero-order valence-corrected chi connectivity index (χ0v) is 12.1. The van der Waals surface area contributed by atoms with E-state index in [1.165, 1.54) is 6.20 Å². The molecule has 5 heteroatoms. The van der Waals surface area contributed by atoms with E-state index in [4.69, 9.17) is 5.73 Å². The molecule has 98 valence electrons. The third kappa shape index (κ3) is 3.54. The maximum Gasteiger partial charge on any atom is 0.254 e. The van der Waals surface area contributed by atoms with Crippen LogP contribution < -0.4 is 5.73 Å². The van der Waals surface area contributed by atoms with Gasteiger partial charge < -0.3 is 10.6 Å². The number of halogens is 1. The first-order valence-electron chi connectivity index (χ1n) is 5.77. The lowest BCUT2D eigenvalue weighted by molar-refractivity contribution is 0.0785. The molecule has 2 N–H and O–H groups in total. The Balaban J connectivity index is 2.12. The zero-order chi connectivity index (χ0) is 13.8. The summed E-state index contributed by atoms with van der Waals surface area (Å²) in [6.07, 6.45) is 1.54. The second-order valence-electron chi connectivity index (χ2n) is 4.26. The van der Waals surface area contributed by atoms with Gasteiger partial charge in [0.1, 0.15) is 5.82 Å². The number of anilines is 1. The standard InChI is InChI=1S/C14H14BrN3O/c1-18(9-10-3-2-4-12(15)7-10)14(19)11-5-6-17-13(16)8-11/h2-8H,9H2,1H3,(H2,16,17). The minimum atomic E-state index is -0.0749. The molecule has 0 saturated carbocycles. The number of carbonyl (C=O) groups excluding carboxylic acids is 1. The summed E-state index contributed by atoms with van der Waals surface area (Å²) in [5, 5.41) is 0. The fraction of sp³-hybridized carbons (Fsp3) is 0.143. The van der Waals surface area contributed by atoms with Gasteiger partial charge in [-0.05, 0) is 29.8 Å². The number of carbonyl (C=O) groups is 1. The minimum Gasteiger partial charge on any atom is -0.384 e. The Morgan fingerprint density at radius 2 is 2.16 bits per heavy atom. The Bertz CT molecular complexity index is 601. The SMILES string of the molecule is CN(Cc1cccc(Br)c1)C(=O)c1ccnc(N)c1. The summed E-state index contributed by atoms with van der Waals surface area (Å²) in [6.45, 7) is 0.542. The predicted molar refractivity (Wildman–Crippen MR) is 78.6 cm³/mol. The molecule has 4 nitrogen and oxygen atoms in total. The van der Waals surface area contributed by atoms with Crippen molar-refractivity contribution in [3.8, 4) is 0 Å². The first kappa shape index (κ1) is 13.5. The van der Waals surface area contributed by atoms with Crippen LogP contribution in [0.25, 0.3) is 0 Å². The van der Waals surface area contributed by atoms with E-state index in [0.29, 0.717) is 17.9 Å². The quantitative estimate of drug-likeness (QED) is 0.946. The molecule has 0 aliphatic rings. The smallest absolute Gasteiger partial charge is 0.254 e. The number of hydrogen-bond acceptors (Lipinski definition) is 3.